The van der Waals surface area contributed by atoms with Crippen LogP contribution in [-0.2, 0) is 14.3 Å². The fraction of sp³-hybridized carbons (Fsp3) is 0.875. The highest BCUT2D eigenvalue weighted by atomic mass is 16.6. The van der Waals surface area contributed by atoms with Gasteiger partial charge in [-0.25, -0.2) is 4.79 Å². The summed E-state index contributed by atoms with van der Waals surface area (Å²) in [4.78, 5) is 25.9. The summed E-state index contributed by atoms with van der Waals surface area (Å²) in [6.45, 7) is 10.4. The van der Waals surface area contributed by atoms with Gasteiger partial charge in [0.1, 0.15) is 5.60 Å². The summed E-state index contributed by atoms with van der Waals surface area (Å²) < 4.78 is 10.3. The smallest absolute Gasteiger partial charge is 0.410 e. The van der Waals surface area contributed by atoms with Gasteiger partial charge in [-0.15, -0.1) is 0 Å². The highest BCUT2D eigenvalue weighted by Gasteiger charge is 2.39. The van der Waals surface area contributed by atoms with Gasteiger partial charge in [-0.1, -0.05) is 20.3 Å². The van der Waals surface area contributed by atoms with Crippen molar-refractivity contribution in [3.05, 3.63) is 0 Å². The van der Waals surface area contributed by atoms with Crippen LogP contribution in [0.4, 0.5) is 4.79 Å². The lowest BCUT2D eigenvalue weighted by molar-refractivity contribution is -0.143. The predicted octanol–water partition coefficient (Wildman–Crippen LogP) is 3.22. The van der Waals surface area contributed by atoms with E-state index in [9.17, 15) is 9.59 Å². The van der Waals surface area contributed by atoms with Crippen molar-refractivity contribution in [2.45, 2.75) is 65.5 Å². The zero-order valence-corrected chi connectivity index (χ0v) is 14.1. The maximum atomic E-state index is 12.5. The average molecular weight is 299 g/mol. The second-order valence-corrected chi connectivity index (χ2v) is 6.99. The Balaban J connectivity index is 2.92. The van der Waals surface area contributed by atoms with Gasteiger partial charge >= 0.3 is 12.1 Å². The standard InChI is InChI=1S/C16H29NO4/c1-7-12-8-11(2)10-17(13(12)9-14(18)20-6)15(19)21-16(3,4)5/h11-13H,7-10H2,1-6H3. The molecule has 3 unspecified atom stereocenters. The van der Waals surface area contributed by atoms with E-state index in [4.69, 9.17) is 9.47 Å². The number of hydrogen-bond donors (Lipinski definition) is 0. The third kappa shape index (κ3) is 5.21. The van der Waals surface area contributed by atoms with Crippen LogP contribution in [0.25, 0.3) is 0 Å². The molecule has 0 aromatic carbocycles. The van der Waals surface area contributed by atoms with Gasteiger partial charge in [0.15, 0.2) is 0 Å². The van der Waals surface area contributed by atoms with Crippen molar-refractivity contribution in [3.8, 4) is 0 Å². The molecule has 5 nitrogen and oxygen atoms in total. The predicted molar refractivity (Wildman–Crippen MR) is 80.9 cm³/mol. The second-order valence-electron chi connectivity index (χ2n) is 6.99. The molecule has 1 saturated heterocycles. The van der Waals surface area contributed by atoms with E-state index >= 15 is 0 Å². The highest BCUT2D eigenvalue weighted by Crippen LogP contribution is 2.32. The molecule has 122 valence electrons. The van der Waals surface area contributed by atoms with Crippen LogP contribution >= 0.6 is 0 Å². The van der Waals surface area contributed by atoms with Gasteiger partial charge in [-0.2, -0.15) is 0 Å². The molecule has 0 bridgehead atoms. The Bertz CT molecular complexity index is 375. The average Bonchev–Trinajstić information content (AvgIpc) is 2.37. The Morgan fingerprint density at radius 3 is 2.38 bits per heavy atom. The first-order valence-corrected chi connectivity index (χ1v) is 7.74. The van der Waals surface area contributed by atoms with E-state index in [1.54, 1.807) is 4.90 Å². The molecule has 1 fully saturated rings. The summed E-state index contributed by atoms with van der Waals surface area (Å²) in [5.41, 5.74) is -0.532. The molecule has 5 heteroatoms. The Morgan fingerprint density at radius 1 is 1.29 bits per heavy atom. The number of amides is 1. The molecule has 0 aromatic heterocycles. The van der Waals surface area contributed by atoms with Crippen LogP contribution in [0, 0.1) is 11.8 Å². The van der Waals surface area contributed by atoms with Gasteiger partial charge in [-0.05, 0) is 39.0 Å². The molecule has 3 atom stereocenters. The maximum Gasteiger partial charge on any atom is 0.410 e. The number of likely N-dealkylation sites (tertiary alicyclic amines) is 1. The Kier molecular flexibility index (Phi) is 6.05. The van der Waals surface area contributed by atoms with Crippen LogP contribution in [0.2, 0.25) is 0 Å². The number of methoxy groups -OCH3 is 1. The highest BCUT2D eigenvalue weighted by molar-refractivity contribution is 5.73. The van der Waals surface area contributed by atoms with Crippen molar-refractivity contribution < 1.29 is 19.1 Å². The number of hydrogen-bond acceptors (Lipinski definition) is 4. The largest absolute Gasteiger partial charge is 0.469 e. The SMILES string of the molecule is CCC1CC(C)CN(C(=O)OC(C)(C)C)C1CC(=O)OC. The Hall–Kier alpha value is -1.26. The van der Waals surface area contributed by atoms with Crippen molar-refractivity contribution in [2.75, 3.05) is 13.7 Å². The molecule has 0 saturated carbocycles. The third-order valence-corrected chi connectivity index (χ3v) is 3.91. The van der Waals surface area contributed by atoms with Crippen molar-refractivity contribution in [1.29, 1.82) is 0 Å². The Labute approximate surface area is 128 Å². The number of piperidine rings is 1. The third-order valence-electron chi connectivity index (χ3n) is 3.91. The number of carbonyl (C=O) groups excluding carboxylic acids is 2. The quantitative estimate of drug-likeness (QED) is 0.751. The normalized spacial score (nSPS) is 26.4. The molecular weight excluding hydrogens is 270 g/mol. The lowest BCUT2D eigenvalue weighted by Crippen LogP contribution is -2.53. The van der Waals surface area contributed by atoms with E-state index < -0.39 is 5.60 Å². The molecule has 0 N–H and O–H groups in total. The summed E-state index contributed by atoms with van der Waals surface area (Å²) in [5.74, 6) is 0.443. The van der Waals surface area contributed by atoms with Crippen LogP contribution in [0.1, 0.15) is 53.9 Å². The minimum Gasteiger partial charge on any atom is -0.469 e. The fourth-order valence-electron chi connectivity index (χ4n) is 2.97. The first-order valence-electron chi connectivity index (χ1n) is 7.74. The number of nitrogens with zero attached hydrogens (tertiary/aromatic N) is 1. The van der Waals surface area contributed by atoms with Gasteiger partial charge in [0, 0.05) is 12.6 Å². The zero-order valence-electron chi connectivity index (χ0n) is 14.1. The zero-order chi connectivity index (χ0) is 16.2. The van der Waals surface area contributed by atoms with Gasteiger partial charge in [0.25, 0.3) is 0 Å². The summed E-state index contributed by atoms with van der Waals surface area (Å²) in [7, 11) is 1.38. The van der Waals surface area contributed by atoms with E-state index in [0.29, 0.717) is 18.4 Å². The lowest BCUT2D eigenvalue weighted by Gasteiger charge is -2.43. The molecule has 0 radical (unpaired) electrons. The molecule has 1 rings (SSSR count). The van der Waals surface area contributed by atoms with Crippen LogP contribution in [-0.4, -0.2) is 42.3 Å². The monoisotopic (exact) mass is 299 g/mol. The van der Waals surface area contributed by atoms with E-state index in [-0.39, 0.29) is 24.5 Å². The van der Waals surface area contributed by atoms with Gasteiger partial charge in [0.05, 0.1) is 13.5 Å². The number of ether oxygens (including phenoxy) is 2. The van der Waals surface area contributed by atoms with Gasteiger partial charge in [0.2, 0.25) is 0 Å². The summed E-state index contributed by atoms with van der Waals surface area (Å²) >= 11 is 0. The van der Waals surface area contributed by atoms with E-state index in [1.807, 2.05) is 20.8 Å². The molecular formula is C16H29NO4. The molecule has 0 aromatic rings. The fourth-order valence-corrected chi connectivity index (χ4v) is 2.97. The van der Waals surface area contributed by atoms with E-state index in [2.05, 4.69) is 13.8 Å². The second kappa shape index (κ2) is 7.14. The molecule has 1 aliphatic heterocycles. The molecule has 1 heterocycles. The van der Waals surface area contributed by atoms with Crippen LogP contribution < -0.4 is 0 Å². The molecule has 21 heavy (non-hydrogen) atoms. The molecule has 1 aliphatic rings. The summed E-state index contributed by atoms with van der Waals surface area (Å²) in [5, 5.41) is 0. The van der Waals surface area contributed by atoms with Crippen molar-refractivity contribution >= 4 is 12.1 Å². The maximum absolute atomic E-state index is 12.5. The Morgan fingerprint density at radius 2 is 1.90 bits per heavy atom. The lowest BCUT2D eigenvalue weighted by atomic mass is 9.81. The van der Waals surface area contributed by atoms with Crippen LogP contribution in [0.3, 0.4) is 0 Å². The minimum absolute atomic E-state index is 0.131. The number of esters is 1. The molecule has 0 spiro atoms. The number of rotatable bonds is 3. The van der Waals surface area contributed by atoms with Crippen LogP contribution in [0.15, 0.2) is 0 Å². The minimum atomic E-state index is -0.532. The van der Waals surface area contributed by atoms with Gasteiger partial charge in [-0.3, -0.25) is 4.79 Å². The van der Waals surface area contributed by atoms with Crippen molar-refractivity contribution in [3.63, 3.8) is 0 Å². The molecule has 0 aliphatic carbocycles. The summed E-state index contributed by atoms with van der Waals surface area (Å²) in [6.07, 6.45) is 1.87. The van der Waals surface area contributed by atoms with Crippen molar-refractivity contribution in [1.82, 2.24) is 4.90 Å². The van der Waals surface area contributed by atoms with Gasteiger partial charge < -0.3 is 14.4 Å². The van der Waals surface area contributed by atoms with E-state index in [1.165, 1.54) is 7.11 Å². The first kappa shape index (κ1) is 17.8. The van der Waals surface area contributed by atoms with E-state index in [0.717, 1.165) is 12.8 Å². The summed E-state index contributed by atoms with van der Waals surface area (Å²) in [6, 6.07) is -0.131. The van der Waals surface area contributed by atoms with Crippen molar-refractivity contribution in [2.24, 2.45) is 11.8 Å². The first-order chi connectivity index (χ1) is 9.67. The van der Waals surface area contributed by atoms with Crippen LogP contribution in [0.5, 0.6) is 0 Å². The topological polar surface area (TPSA) is 55.8 Å². The molecule has 1 amide bonds. The number of carbonyl (C=O) groups is 2.